The molecule has 0 radical (unpaired) electrons. The Morgan fingerprint density at radius 3 is 1.89 bits per heavy atom. The SMILES string of the molecule is O=C(O)C(O)C(O)c1ccc(C(=O)C(F)(F)F)cc1. The van der Waals surface area contributed by atoms with E-state index < -0.39 is 35.7 Å². The number of carbonyl (C=O) groups is 2. The lowest BCUT2D eigenvalue weighted by Gasteiger charge is -2.14. The Balaban J connectivity index is 2.94. The number of hydrogen-bond acceptors (Lipinski definition) is 4. The fourth-order valence-electron chi connectivity index (χ4n) is 1.31. The molecule has 0 saturated heterocycles. The summed E-state index contributed by atoms with van der Waals surface area (Å²) in [5.74, 6) is -3.73. The number of rotatable bonds is 4. The number of carboxylic acid groups (broad SMARTS) is 1. The van der Waals surface area contributed by atoms with Gasteiger partial charge in [0, 0.05) is 5.56 Å². The second-order valence-electron chi connectivity index (χ2n) is 3.68. The number of halogens is 3. The van der Waals surface area contributed by atoms with Gasteiger partial charge in [-0.25, -0.2) is 4.79 Å². The summed E-state index contributed by atoms with van der Waals surface area (Å²) < 4.78 is 36.3. The van der Waals surface area contributed by atoms with Gasteiger partial charge >= 0.3 is 12.1 Å². The van der Waals surface area contributed by atoms with E-state index in [0.29, 0.717) is 0 Å². The Kier molecular flexibility index (Phi) is 4.28. The van der Waals surface area contributed by atoms with E-state index in [1.807, 2.05) is 0 Å². The zero-order valence-electron chi connectivity index (χ0n) is 9.26. The Hall–Kier alpha value is -1.93. The van der Waals surface area contributed by atoms with E-state index in [4.69, 9.17) is 10.2 Å². The fraction of sp³-hybridized carbons (Fsp3) is 0.273. The van der Waals surface area contributed by atoms with Crippen molar-refractivity contribution in [3.05, 3.63) is 35.4 Å². The molecule has 1 rings (SSSR count). The van der Waals surface area contributed by atoms with Gasteiger partial charge in [0.05, 0.1) is 0 Å². The summed E-state index contributed by atoms with van der Waals surface area (Å²) in [5, 5.41) is 26.9. The van der Waals surface area contributed by atoms with Crippen LogP contribution in [0.1, 0.15) is 22.0 Å². The predicted octanol–water partition coefficient (Wildman–Crippen LogP) is 0.911. The molecule has 0 aromatic heterocycles. The van der Waals surface area contributed by atoms with E-state index in [0.717, 1.165) is 24.3 Å². The van der Waals surface area contributed by atoms with Crippen molar-refractivity contribution in [2.24, 2.45) is 0 Å². The summed E-state index contributed by atoms with van der Waals surface area (Å²) in [6.45, 7) is 0. The Morgan fingerprint density at radius 1 is 1.05 bits per heavy atom. The molecule has 19 heavy (non-hydrogen) atoms. The maximum Gasteiger partial charge on any atom is 0.454 e. The summed E-state index contributed by atoms with van der Waals surface area (Å²) in [6, 6.07) is 3.47. The number of benzene rings is 1. The van der Waals surface area contributed by atoms with E-state index >= 15 is 0 Å². The number of aliphatic hydroxyl groups excluding tert-OH is 2. The van der Waals surface area contributed by atoms with E-state index in [1.54, 1.807) is 0 Å². The molecule has 1 aromatic carbocycles. The number of aliphatic hydroxyl groups is 2. The van der Waals surface area contributed by atoms with Crippen LogP contribution in [0.15, 0.2) is 24.3 Å². The highest BCUT2D eigenvalue weighted by Crippen LogP contribution is 2.23. The van der Waals surface area contributed by atoms with Crippen LogP contribution in [0.2, 0.25) is 0 Å². The number of aliphatic carboxylic acids is 1. The van der Waals surface area contributed by atoms with Gasteiger partial charge in [-0.15, -0.1) is 0 Å². The number of Topliss-reactive ketones (excluding diaryl/α,β-unsaturated/α-hetero) is 1. The van der Waals surface area contributed by atoms with Gasteiger partial charge < -0.3 is 15.3 Å². The van der Waals surface area contributed by atoms with Crippen LogP contribution < -0.4 is 0 Å². The molecule has 0 bridgehead atoms. The molecule has 0 amide bonds. The molecule has 0 heterocycles. The zero-order chi connectivity index (χ0) is 14.8. The van der Waals surface area contributed by atoms with Crippen LogP contribution >= 0.6 is 0 Å². The Morgan fingerprint density at radius 2 is 1.53 bits per heavy atom. The Labute approximate surface area is 104 Å². The molecular weight excluding hydrogens is 269 g/mol. The summed E-state index contributed by atoms with van der Waals surface area (Å²) in [7, 11) is 0. The number of carbonyl (C=O) groups excluding carboxylic acids is 1. The predicted molar refractivity (Wildman–Crippen MR) is 55.4 cm³/mol. The van der Waals surface area contributed by atoms with Crippen molar-refractivity contribution in [3.63, 3.8) is 0 Å². The van der Waals surface area contributed by atoms with Crippen LogP contribution in [-0.2, 0) is 4.79 Å². The van der Waals surface area contributed by atoms with E-state index in [2.05, 4.69) is 0 Å². The second kappa shape index (κ2) is 5.37. The van der Waals surface area contributed by atoms with E-state index in [-0.39, 0.29) is 5.56 Å². The molecule has 3 N–H and O–H groups in total. The number of alkyl halides is 3. The largest absolute Gasteiger partial charge is 0.479 e. The first-order valence-electron chi connectivity index (χ1n) is 4.95. The molecule has 0 fully saturated rings. The monoisotopic (exact) mass is 278 g/mol. The topological polar surface area (TPSA) is 94.8 Å². The molecule has 0 aliphatic heterocycles. The molecule has 0 spiro atoms. The van der Waals surface area contributed by atoms with Gasteiger partial charge in [0.15, 0.2) is 6.10 Å². The maximum atomic E-state index is 12.1. The number of hydrogen-bond donors (Lipinski definition) is 3. The average molecular weight is 278 g/mol. The van der Waals surface area contributed by atoms with Gasteiger partial charge in [0.2, 0.25) is 0 Å². The van der Waals surface area contributed by atoms with Crippen LogP contribution in [0.25, 0.3) is 0 Å². The van der Waals surface area contributed by atoms with Crippen LogP contribution in [0.4, 0.5) is 13.2 Å². The highest BCUT2D eigenvalue weighted by Gasteiger charge is 2.39. The molecule has 0 aliphatic carbocycles. The van der Waals surface area contributed by atoms with E-state index in [9.17, 15) is 27.9 Å². The van der Waals surface area contributed by atoms with Crippen molar-refractivity contribution in [3.8, 4) is 0 Å². The molecule has 2 unspecified atom stereocenters. The number of ketones is 1. The number of carboxylic acids is 1. The minimum absolute atomic E-state index is 0.117. The quantitative estimate of drug-likeness (QED) is 0.712. The van der Waals surface area contributed by atoms with Crippen LogP contribution in [0, 0.1) is 0 Å². The molecule has 0 aliphatic rings. The summed E-state index contributed by atoms with van der Waals surface area (Å²) >= 11 is 0. The lowest BCUT2D eigenvalue weighted by Crippen LogP contribution is -2.27. The zero-order valence-corrected chi connectivity index (χ0v) is 9.26. The normalized spacial score (nSPS) is 14.8. The van der Waals surface area contributed by atoms with Crippen LogP contribution in [0.3, 0.4) is 0 Å². The maximum absolute atomic E-state index is 12.1. The van der Waals surface area contributed by atoms with Gasteiger partial charge in [0.1, 0.15) is 6.10 Å². The second-order valence-corrected chi connectivity index (χ2v) is 3.68. The van der Waals surface area contributed by atoms with Crippen molar-refractivity contribution in [1.29, 1.82) is 0 Å². The lowest BCUT2D eigenvalue weighted by molar-refractivity contribution is -0.153. The van der Waals surface area contributed by atoms with Gasteiger partial charge in [-0.3, -0.25) is 4.79 Å². The summed E-state index contributed by atoms with van der Waals surface area (Å²) in [5.41, 5.74) is -0.762. The third-order valence-corrected chi connectivity index (χ3v) is 2.32. The smallest absolute Gasteiger partial charge is 0.454 e. The molecule has 8 heteroatoms. The van der Waals surface area contributed by atoms with Crippen molar-refractivity contribution < 1.29 is 38.1 Å². The first kappa shape index (κ1) is 15.1. The van der Waals surface area contributed by atoms with Crippen molar-refractivity contribution >= 4 is 11.8 Å². The Bertz CT molecular complexity index is 480. The van der Waals surface area contributed by atoms with Gasteiger partial charge in [-0.1, -0.05) is 24.3 Å². The van der Waals surface area contributed by atoms with E-state index in [1.165, 1.54) is 0 Å². The molecular formula is C11H9F3O5. The average Bonchev–Trinajstić information content (AvgIpc) is 2.35. The minimum atomic E-state index is -5.01. The first-order valence-corrected chi connectivity index (χ1v) is 4.95. The first-order chi connectivity index (χ1) is 8.64. The van der Waals surface area contributed by atoms with Gasteiger partial charge in [-0.05, 0) is 5.56 Å². The molecule has 104 valence electrons. The highest BCUT2D eigenvalue weighted by atomic mass is 19.4. The molecule has 0 saturated carbocycles. The molecule has 2 atom stereocenters. The van der Waals surface area contributed by atoms with Crippen molar-refractivity contribution in [2.75, 3.05) is 0 Å². The summed E-state index contributed by atoms with van der Waals surface area (Å²) in [4.78, 5) is 21.3. The lowest BCUT2D eigenvalue weighted by atomic mass is 10.0. The van der Waals surface area contributed by atoms with Crippen molar-refractivity contribution in [2.45, 2.75) is 18.4 Å². The van der Waals surface area contributed by atoms with Gasteiger partial charge in [0.25, 0.3) is 5.78 Å². The minimum Gasteiger partial charge on any atom is -0.479 e. The van der Waals surface area contributed by atoms with Crippen LogP contribution in [0.5, 0.6) is 0 Å². The molecule has 1 aromatic rings. The highest BCUT2D eigenvalue weighted by molar-refractivity contribution is 6.00. The van der Waals surface area contributed by atoms with Crippen LogP contribution in [-0.4, -0.2) is 39.4 Å². The fourth-order valence-corrected chi connectivity index (χ4v) is 1.31. The third kappa shape index (κ3) is 3.52. The van der Waals surface area contributed by atoms with Gasteiger partial charge in [-0.2, -0.15) is 13.2 Å². The third-order valence-electron chi connectivity index (χ3n) is 2.32. The standard InChI is InChI=1S/C11H9F3O5/c12-11(13,14)9(17)6-3-1-5(2-4-6)7(15)8(16)10(18)19/h1-4,7-8,15-16H,(H,18,19). The molecule has 5 nitrogen and oxygen atoms in total. The van der Waals surface area contributed by atoms with Crippen molar-refractivity contribution in [1.82, 2.24) is 0 Å². The summed E-state index contributed by atoms with van der Waals surface area (Å²) in [6.07, 6.45) is -8.92.